The molecule has 1 N–H and O–H groups in total. The van der Waals surface area contributed by atoms with E-state index >= 15 is 0 Å². The Morgan fingerprint density at radius 2 is 2.10 bits per heavy atom. The van der Waals surface area contributed by atoms with E-state index in [9.17, 15) is 8.42 Å². The van der Waals surface area contributed by atoms with E-state index in [0.717, 1.165) is 5.56 Å². The molecule has 0 spiro atoms. The number of ether oxygens (including phenoxy) is 1. The zero-order valence-corrected chi connectivity index (χ0v) is 13.2. The van der Waals surface area contributed by atoms with Crippen LogP contribution in [0.5, 0.6) is 5.75 Å². The minimum atomic E-state index is -3.74. The molecule has 1 aromatic heterocycles. The average Bonchev–Trinajstić information content (AvgIpc) is 2.44. The van der Waals surface area contributed by atoms with Crippen LogP contribution in [0.1, 0.15) is 12.5 Å². The highest BCUT2D eigenvalue weighted by Crippen LogP contribution is 2.28. The van der Waals surface area contributed by atoms with Crippen molar-refractivity contribution in [2.45, 2.75) is 18.7 Å². The zero-order chi connectivity index (χ0) is 15.5. The summed E-state index contributed by atoms with van der Waals surface area (Å²) in [4.78, 5) is 4.09. The average molecular weight is 327 g/mol. The Labute approximate surface area is 129 Å². The largest absolute Gasteiger partial charge is 0.492 e. The fraction of sp³-hybridized carbons (Fsp3) is 0.214. The first-order valence-electron chi connectivity index (χ1n) is 6.31. The summed E-state index contributed by atoms with van der Waals surface area (Å²) in [5, 5.41) is 0.366. The first-order valence-corrected chi connectivity index (χ1v) is 8.17. The van der Waals surface area contributed by atoms with Crippen LogP contribution in [0.4, 0.5) is 5.82 Å². The highest BCUT2D eigenvalue weighted by molar-refractivity contribution is 7.92. The van der Waals surface area contributed by atoms with Crippen molar-refractivity contribution < 1.29 is 13.2 Å². The van der Waals surface area contributed by atoms with Gasteiger partial charge in [0.2, 0.25) is 0 Å². The van der Waals surface area contributed by atoms with Crippen molar-refractivity contribution in [2.75, 3.05) is 11.3 Å². The molecule has 7 heteroatoms. The summed E-state index contributed by atoms with van der Waals surface area (Å²) in [6, 6.07) is 7.82. The Balaban J connectivity index is 2.36. The number of anilines is 1. The third-order valence-corrected chi connectivity index (χ3v) is 4.40. The van der Waals surface area contributed by atoms with Crippen LogP contribution in [0.3, 0.4) is 0 Å². The highest BCUT2D eigenvalue weighted by atomic mass is 35.5. The molecule has 0 aliphatic carbocycles. The fourth-order valence-electron chi connectivity index (χ4n) is 1.70. The molecule has 0 unspecified atom stereocenters. The lowest BCUT2D eigenvalue weighted by Gasteiger charge is -2.11. The molecule has 1 heterocycles. The van der Waals surface area contributed by atoms with Crippen molar-refractivity contribution in [2.24, 2.45) is 0 Å². The minimum absolute atomic E-state index is 0.0698. The number of aryl methyl sites for hydroxylation is 1. The van der Waals surface area contributed by atoms with Crippen LogP contribution in [-0.4, -0.2) is 20.0 Å². The van der Waals surface area contributed by atoms with Crippen LogP contribution in [0.2, 0.25) is 5.02 Å². The number of hydrogen-bond donors (Lipinski definition) is 1. The lowest BCUT2D eigenvalue weighted by molar-refractivity contribution is 0.339. The van der Waals surface area contributed by atoms with E-state index in [1.807, 2.05) is 0 Å². The second-order valence-corrected chi connectivity index (χ2v) is 6.39. The van der Waals surface area contributed by atoms with E-state index in [4.69, 9.17) is 16.3 Å². The molecule has 0 amide bonds. The van der Waals surface area contributed by atoms with Crippen molar-refractivity contribution in [3.8, 4) is 5.75 Å². The SMILES string of the molecule is CCOc1cc(S(=O)(=O)Nc2ncccc2C)ccc1Cl. The van der Waals surface area contributed by atoms with Crippen LogP contribution in [0.15, 0.2) is 41.4 Å². The number of sulfonamides is 1. The van der Waals surface area contributed by atoms with Gasteiger partial charge in [0.25, 0.3) is 10.0 Å². The molecular formula is C14H15ClN2O3S. The Hall–Kier alpha value is -1.79. The van der Waals surface area contributed by atoms with E-state index < -0.39 is 10.0 Å². The third kappa shape index (κ3) is 3.65. The predicted molar refractivity (Wildman–Crippen MR) is 82.4 cm³/mol. The molecule has 0 bridgehead atoms. The van der Waals surface area contributed by atoms with E-state index in [1.165, 1.54) is 24.4 Å². The first kappa shape index (κ1) is 15.6. The standard InChI is InChI=1S/C14H15ClN2O3S/c1-3-20-13-9-11(6-7-12(13)15)21(18,19)17-14-10(2)5-4-8-16-14/h4-9H,3H2,1-2H3,(H,16,17). The molecule has 5 nitrogen and oxygen atoms in total. The Morgan fingerprint density at radius 1 is 1.33 bits per heavy atom. The molecule has 0 saturated heterocycles. The molecule has 2 rings (SSSR count). The summed E-state index contributed by atoms with van der Waals surface area (Å²) in [5.74, 6) is 0.630. The van der Waals surface area contributed by atoms with Crippen molar-refractivity contribution in [1.29, 1.82) is 0 Å². The summed E-state index contributed by atoms with van der Waals surface area (Å²) >= 11 is 5.96. The van der Waals surface area contributed by atoms with Gasteiger partial charge in [-0.25, -0.2) is 13.4 Å². The molecule has 2 aromatic rings. The maximum atomic E-state index is 12.4. The number of nitrogens with zero attached hydrogens (tertiary/aromatic N) is 1. The van der Waals surface area contributed by atoms with E-state index in [0.29, 0.717) is 23.2 Å². The second-order valence-electron chi connectivity index (χ2n) is 4.30. The first-order chi connectivity index (χ1) is 9.94. The molecule has 1 aromatic carbocycles. The predicted octanol–water partition coefficient (Wildman–Crippen LogP) is 3.24. The van der Waals surface area contributed by atoms with E-state index in [1.54, 1.807) is 26.0 Å². The third-order valence-electron chi connectivity index (χ3n) is 2.75. The molecule has 21 heavy (non-hydrogen) atoms. The number of nitrogens with one attached hydrogen (secondary N) is 1. The maximum Gasteiger partial charge on any atom is 0.263 e. The van der Waals surface area contributed by atoms with Crippen LogP contribution in [-0.2, 0) is 10.0 Å². The van der Waals surface area contributed by atoms with Crippen LogP contribution in [0, 0.1) is 6.92 Å². The maximum absolute atomic E-state index is 12.4. The van der Waals surface area contributed by atoms with E-state index in [2.05, 4.69) is 9.71 Å². The summed E-state index contributed by atoms with van der Waals surface area (Å²) in [6.07, 6.45) is 1.53. The highest BCUT2D eigenvalue weighted by Gasteiger charge is 2.18. The van der Waals surface area contributed by atoms with Gasteiger partial charge < -0.3 is 4.74 Å². The van der Waals surface area contributed by atoms with Gasteiger partial charge in [0, 0.05) is 12.3 Å². The number of rotatable bonds is 5. The topological polar surface area (TPSA) is 68.3 Å². The Bertz CT molecular complexity index is 748. The minimum Gasteiger partial charge on any atom is -0.492 e. The Morgan fingerprint density at radius 3 is 2.76 bits per heavy atom. The normalized spacial score (nSPS) is 11.2. The summed E-state index contributed by atoms with van der Waals surface area (Å²) in [6.45, 7) is 3.97. The van der Waals surface area contributed by atoms with Crippen molar-refractivity contribution in [3.05, 3.63) is 47.1 Å². The monoisotopic (exact) mass is 326 g/mol. The van der Waals surface area contributed by atoms with Crippen molar-refractivity contribution in [1.82, 2.24) is 4.98 Å². The van der Waals surface area contributed by atoms with Gasteiger partial charge >= 0.3 is 0 Å². The lowest BCUT2D eigenvalue weighted by Crippen LogP contribution is -2.15. The van der Waals surface area contributed by atoms with Crippen molar-refractivity contribution >= 4 is 27.4 Å². The number of halogens is 1. The fourth-order valence-corrected chi connectivity index (χ4v) is 2.96. The summed E-state index contributed by atoms with van der Waals surface area (Å²) in [5.41, 5.74) is 0.736. The van der Waals surface area contributed by atoms with E-state index in [-0.39, 0.29) is 4.90 Å². The molecule has 0 fully saturated rings. The van der Waals surface area contributed by atoms with Crippen molar-refractivity contribution in [3.63, 3.8) is 0 Å². The smallest absolute Gasteiger partial charge is 0.263 e. The molecule has 0 radical (unpaired) electrons. The summed E-state index contributed by atoms with van der Waals surface area (Å²) in [7, 11) is -3.74. The van der Waals surface area contributed by atoms with Gasteiger partial charge in [-0.2, -0.15) is 0 Å². The lowest BCUT2D eigenvalue weighted by atomic mass is 10.3. The van der Waals surface area contributed by atoms with Crippen LogP contribution in [0.25, 0.3) is 0 Å². The zero-order valence-electron chi connectivity index (χ0n) is 11.6. The van der Waals surface area contributed by atoms with Gasteiger partial charge in [-0.3, -0.25) is 4.72 Å². The van der Waals surface area contributed by atoms with Gasteiger partial charge in [-0.15, -0.1) is 0 Å². The number of pyridine rings is 1. The number of hydrogen-bond acceptors (Lipinski definition) is 4. The van der Waals surface area contributed by atoms with Gasteiger partial charge in [-0.05, 0) is 37.6 Å². The molecule has 0 aliphatic rings. The van der Waals surface area contributed by atoms with Gasteiger partial charge in [-0.1, -0.05) is 17.7 Å². The van der Waals surface area contributed by atoms with Crippen LogP contribution >= 0.6 is 11.6 Å². The molecule has 0 saturated carbocycles. The second kappa shape index (κ2) is 6.32. The molecule has 112 valence electrons. The molecular weight excluding hydrogens is 312 g/mol. The molecule has 0 atom stereocenters. The number of aromatic nitrogens is 1. The summed E-state index contributed by atoms with van der Waals surface area (Å²) < 4.78 is 32.5. The quantitative estimate of drug-likeness (QED) is 0.915. The Kier molecular flexibility index (Phi) is 4.69. The van der Waals surface area contributed by atoms with Crippen LogP contribution < -0.4 is 9.46 Å². The van der Waals surface area contributed by atoms with Gasteiger partial charge in [0.15, 0.2) is 0 Å². The molecule has 0 aliphatic heterocycles. The van der Waals surface area contributed by atoms with Gasteiger partial charge in [0.1, 0.15) is 11.6 Å². The number of benzene rings is 1. The van der Waals surface area contributed by atoms with Gasteiger partial charge in [0.05, 0.1) is 16.5 Å².